The van der Waals surface area contributed by atoms with Crippen LogP contribution >= 0.6 is 0 Å². The Hall–Kier alpha value is -2.69. The van der Waals surface area contributed by atoms with Crippen molar-refractivity contribution in [3.63, 3.8) is 0 Å². The zero-order valence-corrected chi connectivity index (χ0v) is 14.7. The molecule has 1 aromatic carbocycles. The summed E-state index contributed by atoms with van der Waals surface area (Å²) in [5.41, 5.74) is 3.80. The van der Waals surface area contributed by atoms with Gasteiger partial charge in [0.25, 0.3) is 5.91 Å². The molecular formula is C20H23N3O2. The van der Waals surface area contributed by atoms with E-state index in [0.29, 0.717) is 31.5 Å². The molecule has 2 aromatic rings. The van der Waals surface area contributed by atoms with Gasteiger partial charge in [0.05, 0.1) is 5.56 Å². The summed E-state index contributed by atoms with van der Waals surface area (Å²) in [6.07, 6.45) is 4.60. The Morgan fingerprint density at radius 2 is 1.88 bits per heavy atom. The van der Waals surface area contributed by atoms with E-state index in [1.807, 2.05) is 25.1 Å². The first kappa shape index (κ1) is 17.1. The normalized spacial score (nSPS) is 15.0. The van der Waals surface area contributed by atoms with E-state index in [1.165, 1.54) is 5.56 Å². The molecular weight excluding hydrogens is 314 g/mol. The molecule has 0 unspecified atom stereocenters. The molecule has 130 valence electrons. The maximum absolute atomic E-state index is 12.5. The zero-order valence-electron chi connectivity index (χ0n) is 14.7. The number of benzene rings is 1. The Morgan fingerprint density at radius 1 is 1.12 bits per heavy atom. The number of carbonyl (C=O) groups is 2. The number of hydrogen-bond acceptors (Lipinski definition) is 3. The van der Waals surface area contributed by atoms with Crippen LogP contribution in [-0.4, -0.2) is 34.8 Å². The lowest BCUT2D eigenvalue weighted by Crippen LogP contribution is -2.41. The zero-order chi connectivity index (χ0) is 17.8. The minimum atomic E-state index is -0.0560. The summed E-state index contributed by atoms with van der Waals surface area (Å²) in [7, 11) is 0. The van der Waals surface area contributed by atoms with Crippen LogP contribution in [0.15, 0.2) is 42.7 Å². The molecule has 1 aromatic heterocycles. The van der Waals surface area contributed by atoms with Gasteiger partial charge < -0.3 is 10.2 Å². The average molecular weight is 337 g/mol. The van der Waals surface area contributed by atoms with Crippen molar-refractivity contribution in [2.45, 2.75) is 26.7 Å². The molecule has 0 spiro atoms. The predicted molar refractivity (Wildman–Crippen MR) is 97.4 cm³/mol. The van der Waals surface area contributed by atoms with Crippen molar-refractivity contribution >= 4 is 17.5 Å². The minimum Gasteiger partial charge on any atom is -0.339 e. The summed E-state index contributed by atoms with van der Waals surface area (Å²) in [6, 6.07) is 9.47. The number of hydrogen-bond donors (Lipinski definition) is 1. The summed E-state index contributed by atoms with van der Waals surface area (Å²) < 4.78 is 0. The first-order valence-electron chi connectivity index (χ1n) is 8.62. The number of pyridine rings is 1. The van der Waals surface area contributed by atoms with E-state index >= 15 is 0 Å². The lowest BCUT2D eigenvalue weighted by Gasteiger charge is -2.31. The Morgan fingerprint density at radius 3 is 2.52 bits per heavy atom. The van der Waals surface area contributed by atoms with Crippen LogP contribution in [0.5, 0.6) is 0 Å². The van der Waals surface area contributed by atoms with E-state index < -0.39 is 0 Å². The summed E-state index contributed by atoms with van der Waals surface area (Å²) in [6.45, 7) is 5.28. The molecule has 0 saturated carbocycles. The molecule has 1 N–H and O–H groups in total. The second-order valence-electron chi connectivity index (χ2n) is 6.60. The third-order valence-corrected chi connectivity index (χ3v) is 4.84. The fraction of sp³-hybridized carbons (Fsp3) is 0.350. The Kier molecular flexibility index (Phi) is 5.12. The highest BCUT2D eigenvalue weighted by Gasteiger charge is 2.27. The van der Waals surface area contributed by atoms with Crippen LogP contribution in [0, 0.1) is 19.8 Å². The Labute approximate surface area is 148 Å². The summed E-state index contributed by atoms with van der Waals surface area (Å²) >= 11 is 0. The number of nitrogens with one attached hydrogen (secondary N) is 1. The maximum atomic E-state index is 12.5. The molecule has 0 aliphatic carbocycles. The molecule has 5 nitrogen and oxygen atoms in total. The molecule has 5 heteroatoms. The van der Waals surface area contributed by atoms with Crippen LogP contribution in [0.1, 0.15) is 34.3 Å². The first-order valence-corrected chi connectivity index (χ1v) is 8.62. The number of anilines is 1. The maximum Gasteiger partial charge on any atom is 0.255 e. The van der Waals surface area contributed by atoms with Gasteiger partial charge in [-0.2, -0.15) is 0 Å². The van der Waals surface area contributed by atoms with Gasteiger partial charge in [-0.15, -0.1) is 0 Å². The highest BCUT2D eigenvalue weighted by molar-refractivity contribution is 5.95. The lowest BCUT2D eigenvalue weighted by molar-refractivity contribution is -0.121. The smallest absolute Gasteiger partial charge is 0.255 e. The van der Waals surface area contributed by atoms with Crippen molar-refractivity contribution in [3.05, 3.63) is 59.4 Å². The topological polar surface area (TPSA) is 62.3 Å². The van der Waals surface area contributed by atoms with Gasteiger partial charge in [0, 0.05) is 37.1 Å². The van der Waals surface area contributed by atoms with E-state index in [2.05, 4.69) is 17.2 Å². The van der Waals surface area contributed by atoms with Crippen LogP contribution in [0.3, 0.4) is 0 Å². The van der Waals surface area contributed by atoms with Gasteiger partial charge >= 0.3 is 0 Å². The number of carbonyl (C=O) groups excluding carboxylic acids is 2. The van der Waals surface area contributed by atoms with Gasteiger partial charge in [-0.25, -0.2) is 0 Å². The van der Waals surface area contributed by atoms with E-state index in [1.54, 1.807) is 29.4 Å². The van der Waals surface area contributed by atoms with E-state index in [9.17, 15) is 9.59 Å². The molecule has 1 aliphatic rings. The van der Waals surface area contributed by atoms with Crippen LogP contribution in [0.4, 0.5) is 5.69 Å². The van der Waals surface area contributed by atoms with Gasteiger partial charge in [-0.05, 0) is 62.1 Å². The van der Waals surface area contributed by atoms with Crippen molar-refractivity contribution in [2.24, 2.45) is 5.92 Å². The Bertz CT molecular complexity index is 766. The molecule has 2 amide bonds. The quantitative estimate of drug-likeness (QED) is 0.935. The van der Waals surface area contributed by atoms with Crippen LogP contribution in [0.25, 0.3) is 0 Å². The predicted octanol–water partition coefficient (Wildman–Crippen LogP) is 3.19. The third-order valence-electron chi connectivity index (χ3n) is 4.84. The van der Waals surface area contributed by atoms with Gasteiger partial charge in [0.1, 0.15) is 0 Å². The highest BCUT2D eigenvalue weighted by atomic mass is 16.2. The van der Waals surface area contributed by atoms with Crippen molar-refractivity contribution in [1.82, 2.24) is 9.88 Å². The molecule has 1 aliphatic heterocycles. The number of piperidine rings is 1. The van der Waals surface area contributed by atoms with E-state index in [0.717, 1.165) is 11.3 Å². The van der Waals surface area contributed by atoms with Gasteiger partial charge in [-0.1, -0.05) is 6.07 Å². The highest BCUT2D eigenvalue weighted by Crippen LogP contribution is 2.22. The number of aryl methyl sites for hydroxylation is 2. The number of nitrogens with zero attached hydrogens (tertiary/aromatic N) is 2. The average Bonchev–Trinajstić information content (AvgIpc) is 2.65. The number of rotatable bonds is 3. The van der Waals surface area contributed by atoms with Crippen LogP contribution < -0.4 is 5.32 Å². The summed E-state index contributed by atoms with van der Waals surface area (Å²) in [5, 5.41) is 3.00. The summed E-state index contributed by atoms with van der Waals surface area (Å²) in [4.78, 5) is 30.7. The SMILES string of the molecule is Cc1ccc(NC(=O)C2CCN(C(=O)c3cccnc3)CC2)cc1C. The molecule has 1 saturated heterocycles. The van der Waals surface area contributed by atoms with Gasteiger partial charge in [0.2, 0.25) is 5.91 Å². The molecule has 25 heavy (non-hydrogen) atoms. The van der Waals surface area contributed by atoms with Gasteiger partial charge in [-0.3, -0.25) is 14.6 Å². The van der Waals surface area contributed by atoms with E-state index in [-0.39, 0.29) is 17.7 Å². The molecule has 0 atom stereocenters. The number of aromatic nitrogens is 1. The van der Waals surface area contributed by atoms with Crippen molar-refractivity contribution in [2.75, 3.05) is 18.4 Å². The monoisotopic (exact) mass is 337 g/mol. The fourth-order valence-corrected chi connectivity index (χ4v) is 3.08. The second-order valence-corrected chi connectivity index (χ2v) is 6.60. The van der Waals surface area contributed by atoms with Crippen molar-refractivity contribution in [3.8, 4) is 0 Å². The lowest BCUT2D eigenvalue weighted by atomic mass is 9.95. The third kappa shape index (κ3) is 4.05. The Balaban J connectivity index is 1.55. The fourth-order valence-electron chi connectivity index (χ4n) is 3.08. The van der Waals surface area contributed by atoms with Crippen molar-refractivity contribution in [1.29, 1.82) is 0 Å². The van der Waals surface area contributed by atoms with Crippen molar-refractivity contribution < 1.29 is 9.59 Å². The molecule has 3 rings (SSSR count). The second kappa shape index (κ2) is 7.47. The van der Waals surface area contributed by atoms with Crippen LogP contribution in [-0.2, 0) is 4.79 Å². The molecule has 0 radical (unpaired) electrons. The summed E-state index contributed by atoms with van der Waals surface area (Å²) in [5.74, 6) is -0.0302. The molecule has 2 heterocycles. The number of amides is 2. The van der Waals surface area contributed by atoms with Gasteiger partial charge in [0.15, 0.2) is 0 Å². The largest absolute Gasteiger partial charge is 0.339 e. The standard InChI is InChI=1S/C20H23N3O2/c1-14-5-6-18(12-15(14)2)22-19(24)16-7-10-23(11-8-16)20(25)17-4-3-9-21-13-17/h3-6,9,12-13,16H,7-8,10-11H2,1-2H3,(H,22,24). The molecule has 0 bridgehead atoms. The number of likely N-dealkylation sites (tertiary alicyclic amines) is 1. The minimum absolute atomic E-state index is 0.0129. The van der Waals surface area contributed by atoms with E-state index in [4.69, 9.17) is 0 Å². The van der Waals surface area contributed by atoms with Crippen LogP contribution in [0.2, 0.25) is 0 Å². The first-order chi connectivity index (χ1) is 12.0. The molecule has 1 fully saturated rings.